The monoisotopic (exact) mass is 176 g/mol. The molecule has 0 saturated carbocycles. The Morgan fingerprint density at radius 2 is 2.31 bits per heavy atom. The lowest BCUT2D eigenvalue weighted by Crippen LogP contribution is -2.18. The Labute approximate surface area is 77.2 Å². The first kappa shape index (κ1) is 8.35. The van der Waals surface area contributed by atoms with Crippen LogP contribution in [-0.4, -0.2) is 15.8 Å². The summed E-state index contributed by atoms with van der Waals surface area (Å²) in [5.41, 5.74) is 2.07. The molecule has 1 heterocycles. The zero-order valence-corrected chi connectivity index (χ0v) is 7.87. The zero-order valence-electron chi connectivity index (χ0n) is 7.87. The maximum atomic E-state index is 11.3. The Morgan fingerprint density at radius 3 is 3.08 bits per heavy atom. The third-order valence-electron chi connectivity index (χ3n) is 2.41. The molecule has 1 atom stereocenters. The van der Waals surface area contributed by atoms with Crippen molar-refractivity contribution in [1.29, 1.82) is 0 Å². The molecular formula is C10H12N2O. The highest BCUT2D eigenvalue weighted by Crippen LogP contribution is 2.26. The highest BCUT2D eigenvalue weighted by atomic mass is 16.1. The molecule has 1 aliphatic rings. The average Bonchev–Trinajstić information content (AvgIpc) is 2.06. The summed E-state index contributed by atoms with van der Waals surface area (Å²) < 4.78 is 0. The summed E-state index contributed by atoms with van der Waals surface area (Å²) >= 11 is 0. The molecule has 1 aromatic rings. The SMILES string of the molecule is Cc1ncc2c(n1)C(C)CC(=O)C2. The van der Waals surface area contributed by atoms with E-state index >= 15 is 0 Å². The number of aryl methyl sites for hydroxylation is 1. The number of carbonyl (C=O) groups is 1. The lowest BCUT2D eigenvalue weighted by Gasteiger charge is -2.19. The normalized spacial score (nSPS) is 21.4. The van der Waals surface area contributed by atoms with E-state index in [2.05, 4.69) is 9.97 Å². The minimum absolute atomic E-state index is 0.262. The third-order valence-corrected chi connectivity index (χ3v) is 2.41. The fraction of sp³-hybridized carbons (Fsp3) is 0.500. The number of ketones is 1. The summed E-state index contributed by atoms with van der Waals surface area (Å²) in [6.07, 6.45) is 2.93. The van der Waals surface area contributed by atoms with Crippen molar-refractivity contribution >= 4 is 5.78 Å². The van der Waals surface area contributed by atoms with Crippen molar-refractivity contribution in [3.8, 4) is 0 Å². The largest absolute Gasteiger partial charge is 0.299 e. The first-order valence-corrected chi connectivity index (χ1v) is 4.51. The topological polar surface area (TPSA) is 42.9 Å². The summed E-state index contributed by atoms with van der Waals surface area (Å²) in [4.78, 5) is 19.7. The molecule has 1 unspecified atom stereocenters. The van der Waals surface area contributed by atoms with Gasteiger partial charge >= 0.3 is 0 Å². The van der Waals surface area contributed by atoms with Crippen molar-refractivity contribution in [2.24, 2.45) is 0 Å². The van der Waals surface area contributed by atoms with E-state index in [4.69, 9.17) is 0 Å². The van der Waals surface area contributed by atoms with E-state index in [0.717, 1.165) is 17.1 Å². The van der Waals surface area contributed by atoms with Crippen LogP contribution in [0.25, 0.3) is 0 Å². The molecule has 0 bridgehead atoms. The summed E-state index contributed by atoms with van der Waals surface area (Å²) in [5, 5.41) is 0. The van der Waals surface area contributed by atoms with E-state index in [0.29, 0.717) is 18.6 Å². The molecule has 13 heavy (non-hydrogen) atoms. The van der Waals surface area contributed by atoms with Gasteiger partial charge < -0.3 is 0 Å². The van der Waals surface area contributed by atoms with Crippen molar-refractivity contribution in [2.45, 2.75) is 32.6 Å². The quantitative estimate of drug-likeness (QED) is 0.600. The molecule has 3 nitrogen and oxygen atoms in total. The van der Waals surface area contributed by atoms with Crippen molar-refractivity contribution in [3.05, 3.63) is 23.3 Å². The molecule has 1 aromatic heterocycles. The molecule has 0 saturated heterocycles. The summed E-state index contributed by atoms with van der Waals surface area (Å²) in [6.45, 7) is 3.92. The lowest BCUT2D eigenvalue weighted by molar-refractivity contribution is -0.119. The van der Waals surface area contributed by atoms with Crippen LogP contribution < -0.4 is 0 Å². The number of carbonyl (C=O) groups excluding carboxylic acids is 1. The number of fused-ring (bicyclic) bond motifs is 1. The van der Waals surface area contributed by atoms with Crippen LogP contribution in [0.15, 0.2) is 6.20 Å². The summed E-state index contributed by atoms with van der Waals surface area (Å²) in [5.74, 6) is 1.35. The van der Waals surface area contributed by atoms with E-state index < -0.39 is 0 Å². The molecule has 0 fully saturated rings. The van der Waals surface area contributed by atoms with Gasteiger partial charge in [0.1, 0.15) is 11.6 Å². The Hall–Kier alpha value is -1.25. The van der Waals surface area contributed by atoms with Gasteiger partial charge in [-0.2, -0.15) is 0 Å². The van der Waals surface area contributed by atoms with Gasteiger partial charge in [0.2, 0.25) is 0 Å². The van der Waals surface area contributed by atoms with Gasteiger partial charge in [-0.25, -0.2) is 9.97 Å². The Bertz CT molecular complexity index is 360. The maximum Gasteiger partial charge on any atom is 0.138 e. The van der Waals surface area contributed by atoms with Crippen LogP contribution in [-0.2, 0) is 11.2 Å². The van der Waals surface area contributed by atoms with Crippen molar-refractivity contribution < 1.29 is 4.79 Å². The smallest absolute Gasteiger partial charge is 0.138 e. The highest BCUT2D eigenvalue weighted by Gasteiger charge is 2.23. The predicted molar refractivity (Wildman–Crippen MR) is 48.5 cm³/mol. The minimum Gasteiger partial charge on any atom is -0.299 e. The van der Waals surface area contributed by atoms with Crippen LogP contribution in [0.5, 0.6) is 0 Å². The van der Waals surface area contributed by atoms with E-state index in [1.807, 2.05) is 13.8 Å². The maximum absolute atomic E-state index is 11.3. The van der Waals surface area contributed by atoms with Gasteiger partial charge in [0.15, 0.2) is 0 Å². The number of rotatable bonds is 0. The van der Waals surface area contributed by atoms with Crippen molar-refractivity contribution in [1.82, 2.24) is 9.97 Å². The summed E-state index contributed by atoms with van der Waals surface area (Å²) in [7, 11) is 0. The fourth-order valence-corrected chi connectivity index (χ4v) is 1.80. The molecule has 0 aliphatic heterocycles. The van der Waals surface area contributed by atoms with Crippen LogP contribution >= 0.6 is 0 Å². The van der Waals surface area contributed by atoms with Gasteiger partial charge in [0, 0.05) is 25.0 Å². The molecule has 2 rings (SSSR count). The van der Waals surface area contributed by atoms with Gasteiger partial charge in [-0.3, -0.25) is 4.79 Å². The number of hydrogen-bond acceptors (Lipinski definition) is 3. The van der Waals surface area contributed by atoms with Gasteiger partial charge in [0.25, 0.3) is 0 Å². The van der Waals surface area contributed by atoms with E-state index in [9.17, 15) is 4.79 Å². The predicted octanol–water partition coefficient (Wildman–Crippen LogP) is 1.40. The van der Waals surface area contributed by atoms with Gasteiger partial charge in [-0.15, -0.1) is 0 Å². The molecule has 0 spiro atoms. The summed E-state index contributed by atoms with van der Waals surface area (Å²) in [6, 6.07) is 0. The van der Waals surface area contributed by atoms with Crippen LogP contribution in [0, 0.1) is 6.92 Å². The molecule has 0 N–H and O–H groups in total. The van der Waals surface area contributed by atoms with Crippen LogP contribution in [0.4, 0.5) is 0 Å². The van der Waals surface area contributed by atoms with E-state index in [-0.39, 0.29) is 5.92 Å². The number of Topliss-reactive ketones (excluding diaryl/α,β-unsaturated/α-hetero) is 1. The Morgan fingerprint density at radius 1 is 1.54 bits per heavy atom. The first-order chi connectivity index (χ1) is 6.16. The fourth-order valence-electron chi connectivity index (χ4n) is 1.80. The van der Waals surface area contributed by atoms with Gasteiger partial charge in [-0.1, -0.05) is 6.92 Å². The van der Waals surface area contributed by atoms with Crippen LogP contribution in [0.1, 0.15) is 36.3 Å². The lowest BCUT2D eigenvalue weighted by atomic mass is 9.88. The molecule has 3 heteroatoms. The van der Waals surface area contributed by atoms with E-state index in [1.165, 1.54) is 0 Å². The highest BCUT2D eigenvalue weighted by molar-refractivity contribution is 5.83. The average molecular weight is 176 g/mol. The number of nitrogens with zero attached hydrogens (tertiary/aromatic N) is 2. The van der Waals surface area contributed by atoms with Crippen molar-refractivity contribution in [2.75, 3.05) is 0 Å². The zero-order chi connectivity index (χ0) is 9.42. The molecule has 1 aliphatic carbocycles. The third kappa shape index (κ3) is 1.46. The second-order valence-electron chi connectivity index (χ2n) is 3.65. The molecular weight excluding hydrogens is 164 g/mol. The van der Waals surface area contributed by atoms with Gasteiger partial charge in [-0.05, 0) is 12.5 Å². The van der Waals surface area contributed by atoms with Crippen molar-refractivity contribution in [3.63, 3.8) is 0 Å². The van der Waals surface area contributed by atoms with Crippen LogP contribution in [0.3, 0.4) is 0 Å². The second-order valence-corrected chi connectivity index (χ2v) is 3.65. The standard InChI is InChI=1S/C10H12N2O/c1-6-3-9(13)4-8-5-11-7(2)12-10(6)8/h5-6H,3-4H2,1-2H3. The molecule has 0 aromatic carbocycles. The van der Waals surface area contributed by atoms with Gasteiger partial charge in [0.05, 0.1) is 5.69 Å². The van der Waals surface area contributed by atoms with E-state index in [1.54, 1.807) is 6.20 Å². The molecule has 0 radical (unpaired) electrons. The minimum atomic E-state index is 0.262. The number of hydrogen-bond donors (Lipinski definition) is 0. The first-order valence-electron chi connectivity index (χ1n) is 4.51. The second kappa shape index (κ2) is 2.91. The Balaban J connectivity index is 2.49. The molecule has 0 amide bonds. The Kier molecular flexibility index (Phi) is 1.87. The molecule has 68 valence electrons. The van der Waals surface area contributed by atoms with Crippen LogP contribution in [0.2, 0.25) is 0 Å². The number of aromatic nitrogens is 2.